The molecule has 0 fully saturated rings. The van der Waals surface area contributed by atoms with E-state index in [9.17, 15) is 0 Å². The second-order valence-electron chi connectivity index (χ2n) is 2.75. The monoisotopic (exact) mass is 159 g/mol. The molecule has 0 unspecified atom stereocenters. The Hall–Kier alpha value is -1.37. The van der Waals surface area contributed by atoms with Gasteiger partial charge < -0.3 is 0 Å². The minimum Gasteiger partial charge on any atom is -0.256 e. The molecule has 62 valence electrons. The van der Waals surface area contributed by atoms with Crippen molar-refractivity contribution in [1.82, 2.24) is 4.98 Å². The molecule has 1 rings (SSSR count). The number of nitrogens with zero attached hydrogens (tertiary/aromatic N) is 1. The quantitative estimate of drug-likeness (QED) is 0.604. The summed E-state index contributed by atoms with van der Waals surface area (Å²) in [5.41, 5.74) is 3.41. The fourth-order valence-electron chi connectivity index (χ4n) is 1.15. The zero-order valence-corrected chi connectivity index (χ0v) is 7.54. The maximum atomic E-state index is 4.28. The lowest BCUT2D eigenvalue weighted by molar-refractivity contribution is 1.21. The fourth-order valence-corrected chi connectivity index (χ4v) is 1.15. The molecule has 0 saturated carbocycles. The molecule has 1 heterocycles. The Kier molecular flexibility index (Phi) is 2.81. The van der Waals surface area contributed by atoms with Crippen LogP contribution in [0, 0.1) is 6.92 Å². The third-order valence-electron chi connectivity index (χ3n) is 1.75. The topological polar surface area (TPSA) is 12.9 Å². The number of hydrogen-bond acceptors (Lipinski definition) is 1. The highest BCUT2D eigenvalue weighted by Crippen LogP contribution is 2.14. The van der Waals surface area contributed by atoms with Crippen LogP contribution in [0.2, 0.25) is 0 Å². The molecule has 0 amide bonds. The van der Waals surface area contributed by atoms with Gasteiger partial charge in [-0.3, -0.25) is 4.98 Å². The molecule has 0 aliphatic carbocycles. The predicted molar refractivity (Wildman–Crippen MR) is 52.8 cm³/mol. The van der Waals surface area contributed by atoms with E-state index in [1.165, 1.54) is 5.56 Å². The van der Waals surface area contributed by atoms with E-state index >= 15 is 0 Å². The van der Waals surface area contributed by atoms with Crippen molar-refractivity contribution < 1.29 is 0 Å². The van der Waals surface area contributed by atoms with E-state index in [2.05, 4.69) is 24.6 Å². The summed E-state index contributed by atoms with van der Waals surface area (Å²) < 4.78 is 0. The van der Waals surface area contributed by atoms with Gasteiger partial charge >= 0.3 is 0 Å². The summed E-state index contributed by atoms with van der Waals surface area (Å²) in [5, 5.41) is 0. The lowest BCUT2D eigenvalue weighted by atomic mass is 10.1. The van der Waals surface area contributed by atoms with Gasteiger partial charge in [-0.1, -0.05) is 24.8 Å². The summed E-state index contributed by atoms with van der Waals surface area (Å²) in [6.07, 6.45) is 5.56. The molecule has 0 spiro atoms. The molecule has 1 nitrogen and oxygen atoms in total. The molecule has 0 bridgehead atoms. The van der Waals surface area contributed by atoms with E-state index < -0.39 is 0 Å². The average molecular weight is 159 g/mol. The summed E-state index contributed by atoms with van der Waals surface area (Å²) in [6, 6.07) is 4.00. The third kappa shape index (κ3) is 1.82. The van der Waals surface area contributed by atoms with Gasteiger partial charge in [0.2, 0.25) is 0 Å². The van der Waals surface area contributed by atoms with E-state index in [4.69, 9.17) is 0 Å². The van der Waals surface area contributed by atoms with E-state index in [1.54, 1.807) is 6.08 Å². The molecule has 1 aromatic heterocycles. The van der Waals surface area contributed by atoms with Crippen LogP contribution < -0.4 is 0 Å². The molecule has 0 aliphatic heterocycles. The first kappa shape index (κ1) is 8.72. The first-order valence-electron chi connectivity index (χ1n) is 3.97. The highest BCUT2D eigenvalue weighted by molar-refractivity contribution is 5.64. The van der Waals surface area contributed by atoms with Crippen LogP contribution in [0.25, 0.3) is 5.57 Å². The van der Waals surface area contributed by atoms with Crippen molar-refractivity contribution in [2.45, 2.75) is 13.8 Å². The van der Waals surface area contributed by atoms with Crippen LogP contribution in [0.4, 0.5) is 0 Å². The summed E-state index contributed by atoms with van der Waals surface area (Å²) in [5.74, 6) is 0. The number of aryl methyl sites for hydroxylation is 1. The smallest absolute Gasteiger partial charge is 0.0687 e. The Balaban J connectivity index is 3.10. The van der Waals surface area contributed by atoms with Gasteiger partial charge in [-0.05, 0) is 31.1 Å². The molecular formula is C11H13N. The van der Waals surface area contributed by atoms with Crippen LogP contribution in [-0.4, -0.2) is 4.98 Å². The molecule has 0 radical (unpaired) electrons. The number of aromatic nitrogens is 1. The Morgan fingerprint density at radius 3 is 2.92 bits per heavy atom. The Labute approximate surface area is 73.5 Å². The summed E-state index contributed by atoms with van der Waals surface area (Å²) in [7, 11) is 0. The van der Waals surface area contributed by atoms with Crippen LogP contribution in [0.15, 0.2) is 37.1 Å². The Morgan fingerprint density at radius 2 is 2.33 bits per heavy atom. The van der Waals surface area contributed by atoms with Gasteiger partial charge in [-0.2, -0.15) is 0 Å². The molecule has 0 aliphatic rings. The van der Waals surface area contributed by atoms with Gasteiger partial charge in [0.25, 0.3) is 0 Å². The SMILES string of the molecule is C=C/C=C(\C)c1ncccc1C. The Bertz CT molecular complexity index is 311. The maximum Gasteiger partial charge on any atom is 0.0687 e. The van der Waals surface area contributed by atoms with Gasteiger partial charge in [0.15, 0.2) is 0 Å². The largest absolute Gasteiger partial charge is 0.256 e. The van der Waals surface area contributed by atoms with Crippen LogP contribution in [0.1, 0.15) is 18.2 Å². The highest BCUT2D eigenvalue weighted by Gasteiger charge is 1.98. The summed E-state index contributed by atoms with van der Waals surface area (Å²) >= 11 is 0. The van der Waals surface area contributed by atoms with Crippen molar-refractivity contribution in [3.8, 4) is 0 Å². The molecule has 0 atom stereocenters. The van der Waals surface area contributed by atoms with Gasteiger partial charge in [-0.25, -0.2) is 0 Å². The average Bonchev–Trinajstić information content (AvgIpc) is 2.05. The number of hydrogen-bond donors (Lipinski definition) is 0. The van der Waals surface area contributed by atoms with Crippen LogP contribution in [0.5, 0.6) is 0 Å². The summed E-state index contributed by atoms with van der Waals surface area (Å²) in [4.78, 5) is 4.28. The molecule has 1 aromatic rings. The van der Waals surface area contributed by atoms with E-state index in [-0.39, 0.29) is 0 Å². The molecular weight excluding hydrogens is 146 g/mol. The second kappa shape index (κ2) is 3.86. The van der Waals surface area contributed by atoms with Crippen LogP contribution >= 0.6 is 0 Å². The molecule has 0 N–H and O–H groups in total. The summed E-state index contributed by atoms with van der Waals surface area (Å²) in [6.45, 7) is 7.75. The van der Waals surface area contributed by atoms with Gasteiger partial charge in [0, 0.05) is 6.20 Å². The zero-order chi connectivity index (χ0) is 8.97. The normalized spacial score (nSPS) is 11.3. The van der Waals surface area contributed by atoms with Crippen molar-refractivity contribution in [2.24, 2.45) is 0 Å². The van der Waals surface area contributed by atoms with E-state index in [0.717, 1.165) is 11.3 Å². The van der Waals surface area contributed by atoms with E-state index in [1.807, 2.05) is 25.3 Å². The van der Waals surface area contributed by atoms with Crippen LogP contribution in [-0.2, 0) is 0 Å². The first-order valence-corrected chi connectivity index (χ1v) is 3.97. The van der Waals surface area contributed by atoms with Crippen molar-refractivity contribution >= 4 is 5.57 Å². The lowest BCUT2D eigenvalue weighted by Gasteiger charge is -2.02. The standard InChI is InChI=1S/C11H13N/c1-4-6-9(2)11-10(3)7-5-8-12-11/h4-8H,1H2,2-3H3/b9-6+. The van der Waals surface area contributed by atoms with Gasteiger partial charge in [-0.15, -0.1) is 0 Å². The number of rotatable bonds is 2. The number of pyridine rings is 1. The zero-order valence-electron chi connectivity index (χ0n) is 7.54. The van der Waals surface area contributed by atoms with Crippen molar-refractivity contribution in [3.05, 3.63) is 48.3 Å². The predicted octanol–water partition coefficient (Wildman–Crippen LogP) is 2.98. The molecule has 0 saturated heterocycles. The minimum absolute atomic E-state index is 1.05. The Morgan fingerprint density at radius 1 is 1.58 bits per heavy atom. The maximum absolute atomic E-state index is 4.28. The van der Waals surface area contributed by atoms with Crippen LogP contribution in [0.3, 0.4) is 0 Å². The van der Waals surface area contributed by atoms with E-state index in [0.29, 0.717) is 0 Å². The minimum atomic E-state index is 1.05. The molecule has 1 heteroatoms. The van der Waals surface area contributed by atoms with Crippen molar-refractivity contribution in [1.29, 1.82) is 0 Å². The lowest BCUT2D eigenvalue weighted by Crippen LogP contribution is -1.88. The first-order chi connectivity index (χ1) is 5.75. The van der Waals surface area contributed by atoms with Crippen molar-refractivity contribution in [2.75, 3.05) is 0 Å². The highest BCUT2D eigenvalue weighted by atomic mass is 14.7. The second-order valence-corrected chi connectivity index (χ2v) is 2.75. The van der Waals surface area contributed by atoms with Gasteiger partial charge in [0.1, 0.15) is 0 Å². The van der Waals surface area contributed by atoms with Crippen molar-refractivity contribution in [3.63, 3.8) is 0 Å². The van der Waals surface area contributed by atoms with Gasteiger partial charge in [0.05, 0.1) is 5.69 Å². The molecule has 12 heavy (non-hydrogen) atoms. The molecule has 0 aromatic carbocycles. The third-order valence-corrected chi connectivity index (χ3v) is 1.75. The fraction of sp³-hybridized carbons (Fsp3) is 0.182. The number of allylic oxidation sites excluding steroid dienone is 3.